The zero-order valence-electron chi connectivity index (χ0n) is 11.8. The van der Waals surface area contributed by atoms with Gasteiger partial charge in [-0.05, 0) is 0 Å². The summed E-state index contributed by atoms with van der Waals surface area (Å²) in [6.45, 7) is 1.01. The van der Waals surface area contributed by atoms with Crippen LogP contribution in [0.15, 0.2) is 36.7 Å². The molecule has 0 fully saturated rings. The number of nitrogens with one attached hydrogen (secondary N) is 1. The Balaban J connectivity index is 2.01. The van der Waals surface area contributed by atoms with Crippen LogP contribution in [0, 0.1) is 0 Å². The first-order valence-electron chi connectivity index (χ1n) is 6.63. The summed E-state index contributed by atoms with van der Waals surface area (Å²) >= 11 is 0. The van der Waals surface area contributed by atoms with Crippen LogP contribution in [0.3, 0.4) is 0 Å². The zero-order valence-corrected chi connectivity index (χ0v) is 11.8. The molecule has 1 aromatic heterocycles. The minimum Gasteiger partial charge on any atom is -0.383 e. The topological polar surface area (TPSA) is 52.0 Å². The highest BCUT2D eigenvalue weighted by Gasteiger charge is 2.33. The van der Waals surface area contributed by atoms with Crippen molar-refractivity contribution in [3.63, 3.8) is 0 Å². The van der Waals surface area contributed by atoms with E-state index < -0.39 is 12.5 Å². The number of hydrogen-bond donors (Lipinski definition) is 1. The zero-order chi connectivity index (χ0) is 15.1. The van der Waals surface area contributed by atoms with E-state index in [2.05, 4.69) is 15.4 Å². The highest BCUT2D eigenvalue weighted by molar-refractivity contribution is 5.19. The fraction of sp³-hybridized carbons (Fsp3) is 0.429. The molecule has 1 aromatic carbocycles. The summed E-state index contributed by atoms with van der Waals surface area (Å²) in [7, 11) is 1.60. The Bertz CT molecular complexity index is 545. The predicted molar refractivity (Wildman–Crippen MR) is 73.9 cm³/mol. The third kappa shape index (κ3) is 4.30. The molecule has 0 aliphatic carbocycles. The average molecular weight is 296 g/mol. The van der Waals surface area contributed by atoms with E-state index in [0.717, 1.165) is 0 Å². The number of methoxy groups -OCH3 is 1. The van der Waals surface area contributed by atoms with Gasteiger partial charge in [0, 0.05) is 19.2 Å². The summed E-state index contributed by atoms with van der Waals surface area (Å²) in [6, 6.07) is 7.72. The third-order valence-electron chi connectivity index (χ3n) is 3.01. The van der Waals surface area contributed by atoms with E-state index in [1.165, 1.54) is 23.1 Å². The quantitative estimate of drug-likeness (QED) is 0.755. The van der Waals surface area contributed by atoms with Crippen molar-refractivity contribution in [2.45, 2.75) is 19.0 Å². The molecule has 0 amide bonds. The second kappa shape index (κ2) is 7.24. The van der Waals surface area contributed by atoms with E-state index in [-0.39, 0.29) is 5.56 Å². The van der Waals surface area contributed by atoms with Gasteiger partial charge in [0.15, 0.2) is 0 Å². The van der Waals surface area contributed by atoms with E-state index in [4.69, 9.17) is 4.74 Å². The fourth-order valence-corrected chi connectivity index (χ4v) is 1.89. The van der Waals surface area contributed by atoms with Crippen LogP contribution in [0.25, 0.3) is 0 Å². The van der Waals surface area contributed by atoms with Gasteiger partial charge in [-0.3, -0.25) is 0 Å². The number of alkyl halides is 2. The maximum atomic E-state index is 14.2. The summed E-state index contributed by atoms with van der Waals surface area (Å²) in [5.74, 6) is -2.52. The lowest BCUT2D eigenvalue weighted by Crippen LogP contribution is -2.26. The molecule has 1 N–H and O–H groups in total. The molecule has 0 saturated heterocycles. The lowest BCUT2D eigenvalue weighted by atomic mass is 10.1. The van der Waals surface area contributed by atoms with Crippen LogP contribution < -0.4 is 5.32 Å². The first kappa shape index (κ1) is 15.5. The van der Waals surface area contributed by atoms with Gasteiger partial charge in [0.05, 0.1) is 13.2 Å². The summed E-state index contributed by atoms with van der Waals surface area (Å²) in [5, 5.41) is 6.94. The first-order valence-corrected chi connectivity index (χ1v) is 6.63. The Morgan fingerprint density at radius 1 is 1.29 bits per heavy atom. The number of halogens is 2. The van der Waals surface area contributed by atoms with Crippen molar-refractivity contribution >= 4 is 0 Å². The number of rotatable bonds is 8. The molecular weight excluding hydrogens is 278 g/mol. The van der Waals surface area contributed by atoms with Gasteiger partial charge in [-0.1, -0.05) is 30.3 Å². The molecule has 0 bridgehead atoms. The molecule has 0 aliphatic rings. The lowest BCUT2D eigenvalue weighted by molar-refractivity contribution is -0.0263. The van der Waals surface area contributed by atoms with Crippen molar-refractivity contribution in [2.75, 3.05) is 20.3 Å². The van der Waals surface area contributed by atoms with E-state index in [1.807, 2.05) is 0 Å². The SMILES string of the molecule is COCCNCc1ncnn1CC(F)(F)c1ccccc1. The summed E-state index contributed by atoms with van der Waals surface area (Å²) in [4.78, 5) is 4.01. The molecular formula is C14H18F2N4O. The molecule has 21 heavy (non-hydrogen) atoms. The third-order valence-corrected chi connectivity index (χ3v) is 3.01. The van der Waals surface area contributed by atoms with E-state index in [9.17, 15) is 8.78 Å². The van der Waals surface area contributed by atoms with Crippen molar-refractivity contribution in [1.82, 2.24) is 20.1 Å². The Morgan fingerprint density at radius 2 is 2.05 bits per heavy atom. The molecule has 5 nitrogen and oxygen atoms in total. The largest absolute Gasteiger partial charge is 0.383 e. The highest BCUT2D eigenvalue weighted by atomic mass is 19.3. The van der Waals surface area contributed by atoms with Crippen LogP contribution in [0.4, 0.5) is 8.78 Å². The molecule has 0 radical (unpaired) electrons. The number of hydrogen-bond acceptors (Lipinski definition) is 4. The minimum atomic E-state index is -2.99. The second-order valence-corrected chi connectivity index (χ2v) is 4.57. The van der Waals surface area contributed by atoms with Gasteiger partial charge in [-0.2, -0.15) is 13.9 Å². The van der Waals surface area contributed by atoms with Gasteiger partial charge < -0.3 is 10.1 Å². The maximum absolute atomic E-state index is 14.2. The molecule has 114 valence electrons. The molecule has 0 spiro atoms. The van der Waals surface area contributed by atoms with Gasteiger partial charge in [0.1, 0.15) is 18.7 Å². The number of ether oxygens (including phenoxy) is 1. The van der Waals surface area contributed by atoms with Crippen molar-refractivity contribution < 1.29 is 13.5 Å². The van der Waals surface area contributed by atoms with E-state index in [1.54, 1.807) is 25.3 Å². The van der Waals surface area contributed by atoms with Crippen molar-refractivity contribution in [2.24, 2.45) is 0 Å². The Hall–Kier alpha value is -1.86. The summed E-state index contributed by atoms with van der Waals surface area (Å²) in [6.07, 6.45) is 1.29. The Morgan fingerprint density at radius 3 is 2.76 bits per heavy atom. The van der Waals surface area contributed by atoms with Crippen molar-refractivity contribution in [3.8, 4) is 0 Å². The molecule has 2 aromatic rings. The number of nitrogens with zero attached hydrogens (tertiary/aromatic N) is 3. The minimum absolute atomic E-state index is 0.0289. The van der Waals surface area contributed by atoms with E-state index >= 15 is 0 Å². The van der Waals surface area contributed by atoms with Gasteiger partial charge in [-0.15, -0.1) is 0 Å². The lowest BCUT2D eigenvalue weighted by Gasteiger charge is -2.17. The molecule has 0 aliphatic heterocycles. The van der Waals surface area contributed by atoms with Crippen LogP contribution in [0.2, 0.25) is 0 Å². The van der Waals surface area contributed by atoms with Crippen LogP contribution in [-0.4, -0.2) is 35.0 Å². The monoisotopic (exact) mass is 296 g/mol. The van der Waals surface area contributed by atoms with Gasteiger partial charge >= 0.3 is 0 Å². The van der Waals surface area contributed by atoms with Crippen LogP contribution in [0.5, 0.6) is 0 Å². The van der Waals surface area contributed by atoms with Gasteiger partial charge in [0.2, 0.25) is 0 Å². The first-order chi connectivity index (χ1) is 10.1. The molecule has 0 unspecified atom stereocenters. The molecule has 1 heterocycles. The summed E-state index contributed by atoms with van der Waals surface area (Å²) < 4.78 is 34.6. The molecule has 2 rings (SSSR count). The van der Waals surface area contributed by atoms with Crippen molar-refractivity contribution in [3.05, 3.63) is 48.0 Å². The molecule has 0 saturated carbocycles. The standard InChI is InChI=1S/C14H18F2N4O/c1-21-8-7-17-9-13-18-11-19-20(13)10-14(15,16)12-5-3-2-4-6-12/h2-6,11,17H,7-10H2,1H3. The number of aromatic nitrogens is 3. The number of benzene rings is 1. The van der Waals surface area contributed by atoms with E-state index in [0.29, 0.717) is 25.5 Å². The molecule has 7 heteroatoms. The van der Waals surface area contributed by atoms with Gasteiger partial charge in [0.25, 0.3) is 5.92 Å². The van der Waals surface area contributed by atoms with Gasteiger partial charge in [-0.25, -0.2) is 9.67 Å². The van der Waals surface area contributed by atoms with Crippen LogP contribution in [-0.2, 0) is 23.7 Å². The summed E-state index contributed by atoms with van der Waals surface area (Å²) in [5.41, 5.74) is -0.0289. The van der Waals surface area contributed by atoms with Crippen LogP contribution in [0.1, 0.15) is 11.4 Å². The highest BCUT2D eigenvalue weighted by Crippen LogP contribution is 2.29. The average Bonchev–Trinajstić information content (AvgIpc) is 2.91. The normalized spacial score (nSPS) is 11.8. The fourth-order valence-electron chi connectivity index (χ4n) is 1.89. The van der Waals surface area contributed by atoms with Crippen molar-refractivity contribution in [1.29, 1.82) is 0 Å². The maximum Gasteiger partial charge on any atom is 0.292 e. The second-order valence-electron chi connectivity index (χ2n) is 4.57. The Labute approximate surface area is 121 Å². The predicted octanol–water partition coefficient (Wildman–Crippen LogP) is 1.81. The van der Waals surface area contributed by atoms with Crippen LogP contribution >= 0.6 is 0 Å². The Kier molecular flexibility index (Phi) is 5.35. The smallest absolute Gasteiger partial charge is 0.292 e. The molecule has 0 atom stereocenters.